The van der Waals surface area contributed by atoms with Crippen LogP contribution in [-0.4, -0.2) is 40.1 Å². The summed E-state index contributed by atoms with van der Waals surface area (Å²) in [7, 11) is 1.63. The molecule has 0 aliphatic heterocycles. The average molecular weight is 409 g/mol. The zero-order valence-electron chi connectivity index (χ0n) is 16.6. The molecule has 0 bridgehead atoms. The zero-order chi connectivity index (χ0) is 20.6. The second-order valence-corrected chi connectivity index (χ2v) is 7.11. The van der Waals surface area contributed by atoms with Crippen LogP contribution in [-0.2, 0) is 11.3 Å². The topological polar surface area (TPSA) is 60.2 Å². The Hall–Kier alpha value is -3.06. The summed E-state index contributed by atoms with van der Waals surface area (Å²) in [6.07, 6.45) is 1.79. The standard InChI is InChI=1S/C22H24N4O2S/c1-4-15-26-21(18-13-9-10-14-19(18)28-3)23-24-22(26)29-16-20(27)25(5-2)17-11-7-6-8-12-17/h4,6-14H,1,5,15-16H2,2-3H3. The van der Waals surface area contributed by atoms with E-state index in [2.05, 4.69) is 16.8 Å². The van der Waals surface area contributed by atoms with E-state index in [0.717, 1.165) is 17.0 Å². The van der Waals surface area contributed by atoms with Crippen molar-refractivity contribution in [1.82, 2.24) is 14.8 Å². The quantitative estimate of drug-likeness (QED) is 0.391. The van der Waals surface area contributed by atoms with Gasteiger partial charge < -0.3 is 9.64 Å². The number of thioether (sulfide) groups is 1. The smallest absolute Gasteiger partial charge is 0.237 e. The van der Waals surface area contributed by atoms with Gasteiger partial charge in [-0.2, -0.15) is 0 Å². The number of hydrogen-bond donors (Lipinski definition) is 0. The number of allylic oxidation sites excluding steroid dienone is 1. The molecule has 0 fully saturated rings. The third-order valence-corrected chi connectivity index (χ3v) is 5.34. The summed E-state index contributed by atoms with van der Waals surface area (Å²) in [4.78, 5) is 14.6. The van der Waals surface area contributed by atoms with Crippen LogP contribution in [0.3, 0.4) is 0 Å². The molecule has 1 amide bonds. The van der Waals surface area contributed by atoms with E-state index in [1.807, 2.05) is 66.1 Å². The van der Waals surface area contributed by atoms with Crippen LogP contribution in [0.1, 0.15) is 6.92 Å². The number of rotatable bonds is 9. The molecule has 0 N–H and O–H groups in total. The summed E-state index contributed by atoms with van der Waals surface area (Å²) in [5, 5.41) is 9.34. The Morgan fingerprint density at radius 1 is 1.17 bits per heavy atom. The van der Waals surface area contributed by atoms with Crippen molar-refractivity contribution in [3.63, 3.8) is 0 Å². The van der Waals surface area contributed by atoms with Gasteiger partial charge in [0.25, 0.3) is 0 Å². The fourth-order valence-corrected chi connectivity index (χ4v) is 3.86. The molecular weight excluding hydrogens is 384 g/mol. The van der Waals surface area contributed by atoms with E-state index < -0.39 is 0 Å². The number of hydrogen-bond acceptors (Lipinski definition) is 5. The molecule has 0 atom stereocenters. The molecule has 3 rings (SSSR count). The van der Waals surface area contributed by atoms with Crippen molar-refractivity contribution >= 4 is 23.4 Å². The molecule has 6 nitrogen and oxygen atoms in total. The Kier molecular flexibility index (Phi) is 7.08. The largest absolute Gasteiger partial charge is 0.496 e. The molecule has 0 saturated heterocycles. The number of carbonyl (C=O) groups excluding carboxylic acids is 1. The summed E-state index contributed by atoms with van der Waals surface area (Å²) in [6.45, 7) is 6.95. The van der Waals surface area contributed by atoms with E-state index in [1.54, 1.807) is 18.1 Å². The highest BCUT2D eigenvalue weighted by atomic mass is 32.2. The molecule has 0 aliphatic carbocycles. The Balaban J connectivity index is 1.82. The number of para-hydroxylation sites is 2. The summed E-state index contributed by atoms with van der Waals surface area (Å²) >= 11 is 1.37. The number of anilines is 1. The fourth-order valence-electron chi connectivity index (χ4n) is 3.03. The molecular formula is C22H24N4O2S. The second kappa shape index (κ2) is 9.93. The molecule has 1 aromatic heterocycles. The molecule has 1 heterocycles. The van der Waals surface area contributed by atoms with E-state index in [-0.39, 0.29) is 11.7 Å². The normalized spacial score (nSPS) is 10.6. The Bertz CT molecular complexity index is 972. The number of carbonyl (C=O) groups is 1. The van der Waals surface area contributed by atoms with Gasteiger partial charge in [0.05, 0.1) is 18.4 Å². The van der Waals surface area contributed by atoms with Crippen LogP contribution in [0.15, 0.2) is 72.4 Å². The van der Waals surface area contributed by atoms with Crippen molar-refractivity contribution in [3.8, 4) is 17.1 Å². The van der Waals surface area contributed by atoms with Gasteiger partial charge in [0.2, 0.25) is 5.91 Å². The van der Waals surface area contributed by atoms with Gasteiger partial charge in [-0.3, -0.25) is 9.36 Å². The minimum atomic E-state index is 0.0238. The number of nitrogens with zero attached hydrogens (tertiary/aromatic N) is 4. The second-order valence-electron chi connectivity index (χ2n) is 6.17. The van der Waals surface area contributed by atoms with Gasteiger partial charge in [0.1, 0.15) is 5.75 Å². The minimum Gasteiger partial charge on any atom is -0.496 e. The Morgan fingerprint density at radius 3 is 2.59 bits per heavy atom. The number of amides is 1. The maximum Gasteiger partial charge on any atom is 0.237 e. The molecule has 2 aromatic carbocycles. The van der Waals surface area contributed by atoms with Gasteiger partial charge in [-0.1, -0.05) is 48.2 Å². The Morgan fingerprint density at radius 2 is 1.90 bits per heavy atom. The SMILES string of the molecule is C=CCn1c(SCC(=O)N(CC)c2ccccc2)nnc1-c1ccccc1OC. The first kappa shape index (κ1) is 20.7. The highest BCUT2D eigenvalue weighted by Gasteiger charge is 2.19. The Labute approximate surface area is 175 Å². The number of benzene rings is 2. The van der Waals surface area contributed by atoms with Crippen molar-refractivity contribution < 1.29 is 9.53 Å². The monoisotopic (exact) mass is 408 g/mol. The van der Waals surface area contributed by atoms with E-state index in [0.29, 0.717) is 24.1 Å². The summed E-state index contributed by atoms with van der Waals surface area (Å²) in [5.74, 6) is 1.70. The molecule has 0 saturated carbocycles. The number of ether oxygens (including phenoxy) is 1. The summed E-state index contributed by atoms with van der Waals surface area (Å²) < 4.78 is 7.41. The van der Waals surface area contributed by atoms with Gasteiger partial charge in [0, 0.05) is 18.8 Å². The molecule has 0 radical (unpaired) electrons. The molecule has 29 heavy (non-hydrogen) atoms. The van der Waals surface area contributed by atoms with Gasteiger partial charge in [0.15, 0.2) is 11.0 Å². The molecule has 3 aromatic rings. The number of aromatic nitrogens is 3. The third kappa shape index (κ3) is 4.68. The first-order valence-corrected chi connectivity index (χ1v) is 10.3. The summed E-state index contributed by atoms with van der Waals surface area (Å²) in [6, 6.07) is 17.3. The molecule has 150 valence electrons. The van der Waals surface area contributed by atoms with Crippen LogP contribution in [0.25, 0.3) is 11.4 Å². The van der Waals surface area contributed by atoms with Crippen LogP contribution in [0.4, 0.5) is 5.69 Å². The lowest BCUT2D eigenvalue weighted by atomic mass is 10.2. The fraction of sp³-hybridized carbons (Fsp3) is 0.227. The lowest BCUT2D eigenvalue weighted by molar-refractivity contribution is -0.116. The van der Waals surface area contributed by atoms with Crippen molar-refractivity contribution in [2.24, 2.45) is 0 Å². The third-order valence-electron chi connectivity index (χ3n) is 4.39. The van der Waals surface area contributed by atoms with Gasteiger partial charge in [-0.25, -0.2) is 0 Å². The molecule has 0 spiro atoms. The van der Waals surface area contributed by atoms with Crippen molar-refractivity contribution in [2.75, 3.05) is 24.3 Å². The van der Waals surface area contributed by atoms with Crippen molar-refractivity contribution in [1.29, 1.82) is 0 Å². The predicted octanol–water partition coefficient (Wildman–Crippen LogP) is 4.28. The zero-order valence-corrected chi connectivity index (χ0v) is 17.4. The predicted molar refractivity (Wildman–Crippen MR) is 117 cm³/mol. The van der Waals surface area contributed by atoms with Gasteiger partial charge in [-0.15, -0.1) is 16.8 Å². The lowest BCUT2D eigenvalue weighted by Crippen LogP contribution is -2.32. The highest BCUT2D eigenvalue weighted by Crippen LogP contribution is 2.31. The van der Waals surface area contributed by atoms with Crippen molar-refractivity contribution in [3.05, 3.63) is 67.3 Å². The van der Waals surface area contributed by atoms with Crippen LogP contribution in [0, 0.1) is 0 Å². The van der Waals surface area contributed by atoms with Crippen LogP contribution in [0.5, 0.6) is 5.75 Å². The van der Waals surface area contributed by atoms with Crippen LogP contribution < -0.4 is 9.64 Å². The molecule has 0 aliphatic rings. The van der Waals surface area contributed by atoms with Gasteiger partial charge in [-0.05, 0) is 31.2 Å². The highest BCUT2D eigenvalue weighted by molar-refractivity contribution is 7.99. The maximum absolute atomic E-state index is 12.8. The molecule has 7 heteroatoms. The first-order valence-electron chi connectivity index (χ1n) is 9.35. The number of methoxy groups -OCH3 is 1. The minimum absolute atomic E-state index is 0.0238. The van der Waals surface area contributed by atoms with E-state index >= 15 is 0 Å². The van der Waals surface area contributed by atoms with Crippen LogP contribution in [0.2, 0.25) is 0 Å². The van der Waals surface area contributed by atoms with Gasteiger partial charge >= 0.3 is 0 Å². The van der Waals surface area contributed by atoms with E-state index in [9.17, 15) is 4.79 Å². The van der Waals surface area contributed by atoms with Crippen LogP contribution >= 0.6 is 11.8 Å². The molecule has 0 unspecified atom stereocenters. The first-order chi connectivity index (χ1) is 14.2. The lowest BCUT2D eigenvalue weighted by Gasteiger charge is -2.20. The average Bonchev–Trinajstić information content (AvgIpc) is 3.16. The van der Waals surface area contributed by atoms with E-state index in [4.69, 9.17) is 4.74 Å². The summed E-state index contributed by atoms with van der Waals surface area (Å²) in [5.41, 5.74) is 1.74. The maximum atomic E-state index is 12.8. The van der Waals surface area contributed by atoms with Crippen molar-refractivity contribution in [2.45, 2.75) is 18.6 Å². The van der Waals surface area contributed by atoms with E-state index in [1.165, 1.54) is 11.8 Å².